The quantitative estimate of drug-likeness (QED) is 0.563. The summed E-state index contributed by atoms with van der Waals surface area (Å²) < 4.78 is 10.9. The Balaban J connectivity index is 1.11. The number of anilines is 1. The number of ether oxygens (including phenoxy) is 2. The van der Waals surface area contributed by atoms with Crippen molar-refractivity contribution in [3.8, 4) is 11.5 Å². The van der Waals surface area contributed by atoms with Gasteiger partial charge in [0.05, 0.1) is 13.0 Å². The third-order valence-electron chi connectivity index (χ3n) is 6.82. The molecule has 196 valence electrons. The first-order chi connectivity index (χ1) is 17.9. The Bertz CT molecular complexity index is 1150. The van der Waals surface area contributed by atoms with Crippen LogP contribution in [0.3, 0.4) is 0 Å². The van der Waals surface area contributed by atoms with E-state index >= 15 is 0 Å². The summed E-state index contributed by atoms with van der Waals surface area (Å²) in [5.41, 5.74) is 1.75. The molecule has 0 saturated carbocycles. The van der Waals surface area contributed by atoms with E-state index in [4.69, 9.17) is 21.1 Å². The Morgan fingerprint density at radius 3 is 2.49 bits per heavy atom. The molecule has 0 bridgehead atoms. The van der Waals surface area contributed by atoms with Gasteiger partial charge in [0.25, 0.3) is 0 Å². The number of carbonyl (C=O) groups excluding carboxylic acids is 3. The minimum atomic E-state index is -0.833. The number of amides is 3. The average Bonchev–Trinajstić information content (AvgIpc) is 3.36. The summed E-state index contributed by atoms with van der Waals surface area (Å²) in [6, 6.07) is 11.9. The first-order valence-electron chi connectivity index (χ1n) is 12.4. The van der Waals surface area contributed by atoms with Crippen LogP contribution in [0, 0.1) is 0 Å². The molecule has 2 aromatic carbocycles. The zero-order valence-corrected chi connectivity index (χ0v) is 21.2. The highest BCUT2D eigenvalue weighted by atomic mass is 35.5. The number of piperazine rings is 2. The molecule has 0 radical (unpaired) electrons. The van der Waals surface area contributed by atoms with E-state index in [2.05, 4.69) is 20.4 Å². The van der Waals surface area contributed by atoms with Crippen molar-refractivity contribution in [2.75, 3.05) is 57.9 Å². The number of carbonyl (C=O) groups is 3. The summed E-state index contributed by atoms with van der Waals surface area (Å²) in [6.45, 7) is 5.20. The van der Waals surface area contributed by atoms with Gasteiger partial charge in [-0.25, -0.2) is 0 Å². The summed E-state index contributed by atoms with van der Waals surface area (Å²) in [7, 11) is 0. The second kappa shape index (κ2) is 11.4. The van der Waals surface area contributed by atoms with Crippen LogP contribution in [-0.2, 0) is 20.9 Å². The van der Waals surface area contributed by atoms with Crippen molar-refractivity contribution < 1.29 is 23.9 Å². The maximum Gasteiger partial charge on any atom is 0.243 e. The molecule has 1 atom stereocenters. The smallest absolute Gasteiger partial charge is 0.243 e. The second-order valence-electron chi connectivity index (χ2n) is 9.39. The molecular weight excluding hydrogens is 498 g/mol. The van der Waals surface area contributed by atoms with Crippen LogP contribution in [0.1, 0.15) is 12.0 Å². The number of benzene rings is 2. The van der Waals surface area contributed by atoms with Crippen LogP contribution in [0.4, 0.5) is 5.69 Å². The molecule has 0 aliphatic carbocycles. The summed E-state index contributed by atoms with van der Waals surface area (Å²) >= 11 is 5.89. The minimum Gasteiger partial charge on any atom is -0.454 e. The fourth-order valence-corrected chi connectivity index (χ4v) is 4.95. The first kappa shape index (κ1) is 25.3. The van der Waals surface area contributed by atoms with E-state index in [0.717, 1.165) is 49.8 Å². The third kappa shape index (κ3) is 6.33. The van der Waals surface area contributed by atoms with E-state index in [1.807, 2.05) is 18.2 Å². The highest BCUT2D eigenvalue weighted by Gasteiger charge is 2.35. The molecule has 3 heterocycles. The van der Waals surface area contributed by atoms with Crippen LogP contribution in [0.25, 0.3) is 0 Å². The van der Waals surface area contributed by atoms with Gasteiger partial charge >= 0.3 is 0 Å². The zero-order valence-electron chi connectivity index (χ0n) is 20.5. The number of hydrogen-bond donors (Lipinski definition) is 2. The first-order valence-corrected chi connectivity index (χ1v) is 12.8. The molecule has 2 N–H and O–H groups in total. The number of nitrogens with one attached hydrogen (secondary N) is 2. The Morgan fingerprint density at radius 2 is 1.70 bits per heavy atom. The van der Waals surface area contributed by atoms with Gasteiger partial charge in [-0.1, -0.05) is 17.7 Å². The van der Waals surface area contributed by atoms with Crippen LogP contribution < -0.4 is 20.1 Å². The number of nitrogens with zero attached hydrogens (tertiary/aromatic N) is 3. The van der Waals surface area contributed by atoms with Crippen LogP contribution in [-0.4, -0.2) is 91.1 Å². The van der Waals surface area contributed by atoms with Gasteiger partial charge in [0, 0.05) is 56.5 Å². The molecule has 3 aliphatic rings. The Labute approximate surface area is 220 Å². The minimum absolute atomic E-state index is 0.108. The van der Waals surface area contributed by atoms with E-state index in [9.17, 15) is 14.4 Å². The number of fused-ring (bicyclic) bond motifs is 1. The Kier molecular flexibility index (Phi) is 7.78. The van der Waals surface area contributed by atoms with Gasteiger partial charge in [0.2, 0.25) is 24.5 Å². The zero-order chi connectivity index (χ0) is 25.8. The summed E-state index contributed by atoms with van der Waals surface area (Å²) in [6.07, 6.45) is -0.108. The largest absolute Gasteiger partial charge is 0.454 e. The summed E-state index contributed by atoms with van der Waals surface area (Å²) in [4.78, 5) is 44.4. The molecule has 1 unspecified atom stereocenters. The summed E-state index contributed by atoms with van der Waals surface area (Å²) in [5, 5.41) is 6.11. The molecule has 5 rings (SSSR count). The van der Waals surface area contributed by atoms with Crippen molar-refractivity contribution >= 4 is 35.0 Å². The lowest BCUT2D eigenvalue weighted by atomic mass is 10.1. The SMILES string of the molecule is O=C(CC1C(=O)NCCN1C(=O)CN1CCN(Cc2ccc3c(c2)OCO3)CC1)Nc1ccc(Cl)cc1. The van der Waals surface area contributed by atoms with Gasteiger partial charge in [0.1, 0.15) is 6.04 Å². The molecule has 2 saturated heterocycles. The lowest BCUT2D eigenvalue weighted by Crippen LogP contribution is -2.60. The molecular formula is C26H30ClN5O5. The van der Waals surface area contributed by atoms with Crippen LogP contribution in [0.15, 0.2) is 42.5 Å². The maximum absolute atomic E-state index is 13.2. The predicted molar refractivity (Wildman–Crippen MR) is 137 cm³/mol. The van der Waals surface area contributed by atoms with Crippen LogP contribution >= 0.6 is 11.6 Å². The van der Waals surface area contributed by atoms with Crippen molar-refractivity contribution in [1.82, 2.24) is 20.0 Å². The monoisotopic (exact) mass is 527 g/mol. The van der Waals surface area contributed by atoms with Crippen molar-refractivity contribution in [3.05, 3.63) is 53.1 Å². The van der Waals surface area contributed by atoms with E-state index in [-0.39, 0.29) is 37.5 Å². The molecule has 11 heteroatoms. The molecule has 10 nitrogen and oxygen atoms in total. The van der Waals surface area contributed by atoms with Crippen molar-refractivity contribution in [2.45, 2.75) is 19.0 Å². The third-order valence-corrected chi connectivity index (χ3v) is 7.08. The Hall–Kier alpha value is -3.34. The van der Waals surface area contributed by atoms with Gasteiger partial charge < -0.3 is 25.0 Å². The highest BCUT2D eigenvalue weighted by molar-refractivity contribution is 6.30. The fraction of sp³-hybridized carbons (Fsp3) is 0.423. The van der Waals surface area contributed by atoms with E-state index in [1.165, 1.54) is 0 Å². The lowest BCUT2D eigenvalue weighted by molar-refractivity contribution is -0.145. The number of halogens is 1. The molecule has 3 aliphatic heterocycles. The molecule has 37 heavy (non-hydrogen) atoms. The average molecular weight is 528 g/mol. The van der Waals surface area contributed by atoms with Crippen LogP contribution in [0.5, 0.6) is 11.5 Å². The highest BCUT2D eigenvalue weighted by Crippen LogP contribution is 2.32. The topological polar surface area (TPSA) is 103 Å². The Morgan fingerprint density at radius 1 is 0.973 bits per heavy atom. The molecule has 2 fully saturated rings. The van der Waals surface area contributed by atoms with Crippen LogP contribution in [0.2, 0.25) is 5.02 Å². The van der Waals surface area contributed by atoms with Gasteiger partial charge in [-0.2, -0.15) is 0 Å². The molecule has 3 amide bonds. The van der Waals surface area contributed by atoms with E-state index < -0.39 is 6.04 Å². The molecule has 0 spiro atoms. The fourth-order valence-electron chi connectivity index (χ4n) is 4.82. The van der Waals surface area contributed by atoms with Gasteiger partial charge in [-0.05, 0) is 42.0 Å². The lowest BCUT2D eigenvalue weighted by Gasteiger charge is -2.38. The second-order valence-corrected chi connectivity index (χ2v) is 9.83. The molecule has 0 aromatic heterocycles. The molecule has 2 aromatic rings. The number of rotatable bonds is 7. The normalized spacial score (nSPS) is 20.0. The van der Waals surface area contributed by atoms with E-state index in [0.29, 0.717) is 23.8 Å². The maximum atomic E-state index is 13.2. The van der Waals surface area contributed by atoms with Crippen molar-refractivity contribution in [2.24, 2.45) is 0 Å². The van der Waals surface area contributed by atoms with Crippen molar-refractivity contribution in [3.63, 3.8) is 0 Å². The van der Waals surface area contributed by atoms with Gasteiger partial charge in [-0.15, -0.1) is 0 Å². The van der Waals surface area contributed by atoms with E-state index in [1.54, 1.807) is 29.2 Å². The van der Waals surface area contributed by atoms with Crippen molar-refractivity contribution in [1.29, 1.82) is 0 Å². The standard InChI is InChI=1S/C26H30ClN5O5/c27-19-2-4-20(5-3-19)29-24(33)14-21-26(35)28-7-8-32(21)25(34)16-31-11-9-30(10-12-31)15-18-1-6-22-23(13-18)37-17-36-22/h1-6,13,21H,7-12,14-17H2,(H,28,35)(H,29,33). The van der Waals surface area contributed by atoms with Gasteiger partial charge in [0.15, 0.2) is 11.5 Å². The number of hydrogen-bond acceptors (Lipinski definition) is 7. The summed E-state index contributed by atoms with van der Waals surface area (Å²) in [5.74, 6) is 0.782. The van der Waals surface area contributed by atoms with Gasteiger partial charge in [-0.3, -0.25) is 24.2 Å². The predicted octanol–water partition coefficient (Wildman–Crippen LogP) is 1.54.